The first-order valence-electron chi connectivity index (χ1n) is 9.85. The number of carbonyl (C=O) groups excluding carboxylic acids is 2. The van der Waals surface area contributed by atoms with Gasteiger partial charge in [0, 0.05) is 61.9 Å². The van der Waals surface area contributed by atoms with Crippen molar-refractivity contribution in [1.29, 1.82) is 10.7 Å². The van der Waals surface area contributed by atoms with Crippen molar-refractivity contribution < 1.29 is 14.9 Å². The standard InChI is InChI=1S/C23H22ClN5O2/c1-15(27-18-4-2-17(24)3-5-18)21(14-26)23(31)28-19-6-7-22(16(12-19)13-25)29-10-8-20(30)9-11-29/h2-7,12,14,26-27H,8-11H2,1H3,(H,28,31)/p+1/b21-15+,26-14?. The largest absolute Gasteiger partial charge is 0.370 e. The molecule has 0 unspecified atom stereocenters. The van der Waals surface area contributed by atoms with Crippen molar-refractivity contribution in [1.82, 2.24) is 0 Å². The van der Waals surface area contributed by atoms with Crippen LogP contribution in [-0.4, -0.2) is 31.0 Å². The van der Waals surface area contributed by atoms with Crippen molar-refractivity contribution in [2.45, 2.75) is 19.8 Å². The summed E-state index contributed by atoms with van der Waals surface area (Å²) in [6.45, 7) is 2.93. The third-order valence-electron chi connectivity index (χ3n) is 5.10. The summed E-state index contributed by atoms with van der Waals surface area (Å²) in [5, 5.41) is 22.4. The first-order chi connectivity index (χ1) is 14.9. The quantitative estimate of drug-likeness (QED) is 0.366. The van der Waals surface area contributed by atoms with Crippen molar-refractivity contribution in [3.8, 4) is 6.07 Å². The van der Waals surface area contributed by atoms with E-state index in [9.17, 15) is 14.9 Å². The van der Waals surface area contributed by atoms with E-state index in [2.05, 4.69) is 11.4 Å². The number of rotatable bonds is 6. The van der Waals surface area contributed by atoms with Gasteiger partial charge in [0.2, 0.25) is 0 Å². The lowest BCUT2D eigenvalue weighted by Crippen LogP contribution is -2.75. The molecule has 2 aromatic carbocycles. The van der Waals surface area contributed by atoms with Crippen LogP contribution < -0.4 is 15.5 Å². The van der Waals surface area contributed by atoms with Crippen molar-refractivity contribution in [3.63, 3.8) is 0 Å². The molecule has 0 saturated carbocycles. The number of nitrogens with one attached hydrogen (secondary N) is 2. The van der Waals surface area contributed by atoms with Crippen LogP contribution in [0.4, 0.5) is 17.1 Å². The zero-order chi connectivity index (χ0) is 22.4. The second-order valence-electron chi connectivity index (χ2n) is 7.26. The summed E-state index contributed by atoms with van der Waals surface area (Å²) in [4.78, 5) is 26.3. The van der Waals surface area contributed by atoms with Crippen LogP contribution in [0.15, 0.2) is 53.7 Å². The minimum absolute atomic E-state index is 0.215. The normalized spacial score (nSPS) is 14.5. The van der Waals surface area contributed by atoms with Crippen LogP contribution in [0.2, 0.25) is 5.02 Å². The second-order valence-corrected chi connectivity index (χ2v) is 7.70. The highest BCUT2D eigenvalue weighted by atomic mass is 35.5. The van der Waals surface area contributed by atoms with E-state index in [1.807, 2.05) is 17.0 Å². The number of Topliss-reactive ketones (excluding diaryl/α,β-unsaturated/α-hetero) is 1. The van der Waals surface area contributed by atoms with Crippen LogP contribution in [-0.2, 0) is 9.59 Å². The van der Waals surface area contributed by atoms with Gasteiger partial charge in [0.1, 0.15) is 28.8 Å². The van der Waals surface area contributed by atoms with Crippen LogP contribution >= 0.6 is 11.6 Å². The average molecular weight is 437 g/mol. The van der Waals surface area contributed by atoms with Gasteiger partial charge in [0.15, 0.2) is 0 Å². The number of nitriles is 1. The highest BCUT2D eigenvalue weighted by molar-refractivity contribution is 6.30. The number of amides is 1. The van der Waals surface area contributed by atoms with E-state index in [4.69, 9.17) is 17.0 Å². The number of benzene rings is 2. The average Bonchev–Trinajstić information content (AvgIpc) is 2.76. The molecule has 2 aromatic rings. The zero-order valence-electron chi connectivity index (χ0n) is 17.1. The van der Waals surface area contributed by atoms with Gasteiger partial charge in [-0.1, -0.05) is 11.6 Å². The second kappa shape index (κ2) is 10.0. The Morgan fingerprint density at radius 3 is 2.52 bits per heavy atom. The zero-order valence-corrected chi connectivity index (χ0v) is 17.9. The molecule has 0 bridgehead atoms. The van der Waals surface area contributed by atoms with Gasteiger partial charge >= 0.3 is 0 Å². The van der Waals surface area contributed by atoms with Gasteiger partial charge in [0.25, 0.3) is 5.91 Å². The summed E-state index contributed by atoms with van der Waals surface area (Å²) >= 11 is 5.90. The van der Waals surface area contributed by atoms with Crippen molar-refractivity contribution in [2.75, 3.05) is 23.3 Å². The third kappa shape index (κ3) is 5.57. The maximum absolute atomic E-state index is 12.8. The van der Waals surface area contributed by atoms with Gasteiger partial charge in [-0.15, -0.1) is 0 Å². The summed E-state index contributed by atoms with van der Waals surface area (Å²) in [6.07, 6.45) is 1.96. The molecule has 1 amide bonds. The number of hydrogen-bond donors (Lipinski definition) is 3. The third-order valence-corrected chi connectivity index (χ3v) is 5.36. The highest BCUT2D eigenvalue weighted by Gasteiger charge is 2.20. The molecule has 1 fully saturated rings. The first-order valence-corrected chi connectivity index (χ1v) is 10.2. The predicted octanol–water partition coefficient (Wildman–Crippen LogP) is 3.14. The van der Waals surface area contributed by atoms with E-state index in [-0.39, 0.29) is 11.4 Å². The lowest BCUT2D eigenvalue weighted by Gasteiger charge is -2.29. The Bertz CT molecular complexity index is 1080. The number of hydrogen-bond acceptors (Lipinski definition) is 5. The number of allylic oxidation sites excluding steroid dienone is 1. The fourth-order valence-corrected chi connectivity index (χ4v) is 3.55. The Balaban J connectivity index is 1.76. The number of ketones is 1. The molecule has 1 heterocycles. The maximum Gasteiger partial charge on any atom is 0.262 e. The smallest absolute Gasteiger partial charge is 0.262 e. The Labute approximate surface area is 185 Å². The van der Waals surface area contributed by atoms with E-state index in [1.54, 1.807) is 42.6 Å². The van der Waals surface area contributed by atoms with E-state index >= 15 is 0 Å². The predicted molar refractivity (Wildman–Crippen MR) is 121 cm³/mol. The minimum Gasteiger partial charge on any atom is -0.370 e. The number of halogens is 1. The molecule has 1 aliphatic heterocycles. The number of quaternary nitrogens is 1. The van der Waals surface area contributed by atoms with Gasteiger partial charge in [-0.3, -0.25) is 14.9 Å². The molecule has 0 spiro atoms. The Morgan fingerprint density at radius 1 is 1.23 bits per heavy atom. The van der Waals surface area contributed by atoms with Crippen LogP contribution in [0.1, 0.15) is 25.3 Å². The van der Waals surface area contributed by atoms with Gasteiger partial charge in [-0.2, -0.15) is 5.26 Å². The molecule has 1 aliphatic rings. The highest BCUT2D eigenvalue weighted by Crippen LogP contribution is 2.26. The topological polar surface area (TPSA) is 114 Å². The SMILES string of the molecule is C/C([NH2+]c1ccc(Cl)cc1)=C(/C=N)C(=O)Nc1ccc(N2CCC(=O)CC2)c(C#N)c1. The summed E-state index contributed by atoms with van der Waals surface area (Å²) in [5.41, 5.74) is 3.36. The van der Waals surface area contributed by atoms with Gasteiger partial charge in [0.05, 0.1) is 11.3 Å². The monoisotopic (exact) mass is 436 g/mol. The Kier molecular flexibility index (Phi) is 7.19. The van der Waals surface area contributed by atoms with E-state index in [1.165, 1.54) is 0 Å². The summed E-state index contributed by atoms with van der Waals surface area (Å²) < 4.78 is 0. The molecular formula is C23H23ClN5O2+. The molecule has 3 rings (SSSR count). The molecule has 31 heavy (non-hydrogen) atoms. The van der Waals surface area contributed by atoms with Crippen LogP contribution in [0.25, 0.3) is 0 Å². The van der Waals surface area contributed by atoms with Gasteiger partial charge < -0.3 is 15.6 Å². The van der Waals surface area contributed by atoms with E-state index < -0.39 is 5.91 Å². The molecule has 0 aromatic heterocycles. The van der Waals surface area contributed by atoms with Crippen molar-refractivity contribution >= 4 is 46.6 Å². The number of piperidine rings is 1. The molecule has 1 saturated heterocycles. The number of carbonyl (C=O) groups is 2. The molecule has 7 nitrogen and oxygen atoms in total. The molecule has 158 valence electrons. The molecule has 0 aliphatic carbocycles. The number of nitrogens with zero attached hydrogens (tertiary/aromatic N) is 2. The number of nitrogens with two attached hydrogens (primary N) is 1. The Hall–Kier alpha value is -3.47. The lowest BCUT2D eigenvalue weighted by molar-refractivity contribution is -0.517. The van der Waals surface area contributed by atoms with Crippen molar-refractivity contribution in [2.24, 2.45) is 0 Å². The lowest BCUT2D eigenvalue weighted by atomic mass is 10.1. The van der Waals surface area contributed by atoms with Gasteiger partial charge in [-0.25, -0.2) is 0 Å². The summed E-state index contributed by atoms with van der Waals surface area (Å²) in [7, 11) is 0. The number of anilines is 2. The first kappa shape index (κ1) is 22.2. The molecule has 8 heteroatoms. The molecule has 0 radical (unpaired) electrons. The fourth-order valence-electron chi connectivity index (χ4n) is 3.42. The van der Waals surface area contributed by atoms with Crippen molar-refractivity contribution in [3.05, 3.63) is 64.3 Å². The summed E-state index contributed by atoms with van der Waals surface area (Å²) in [6, 6.07) is 14.5. The summed E-state index contributed by atoms with van der Waals surface area (Å²) in [5.74, 6) is -0.201. The van der Waals surface area contributed by atoms with Crippen LogP contribution in [0.5, 0.6) is 0 Å². The van der Waals surface area contributed by atoms with E-state index in [0.29, 0.717) is 47.9 Å². The van der Waals surface area contributed by atoms with Crippen LogP contribution in [0, 0.1) is 16.7 Å². The minimum atomic E-state index is -0.432. The maximum atomic E-state index is 12.8. The molecule has 0 atom stereocenters. The molecular weight excluding hydrogens is 414 g/mol. The Morgan fingerprint density at radius 2 is 1.90 bits per heavy atom. The van der Waals surface area contributed by atoms with E-state index in [0.717, 1.165) is 17.6 Å². The fraction of sp³-hybridized carbons (Fsp3) is 0.217. The van der Waals surface area contributed by atoms with Crippen LogP contribution in [0.3, 0.4) is 0 Å². The van der Waals surface area contributed by atoms with Gasteiger partial charge in [-0.05, 0) is 30.3 Å². The molecule has 4 N–H and O–H groups in total.